The van der Waals surface area contributed by atoms with Crippen LogP contribution in [-0.4, -0.2) is 27.9 Å². The zero-order valence-corrected chi connectivity index (χ0v) is 19.4. The number of anilines is 2. The number of hydrogen-bond acceptors (Lipinski definition) is 5. The van der Waals surface area contributed by atoms with Gasteiger partial charge in [0.05, 0.1) is 15.5 Å². The number of aryl methyl sites for hydroxylation is 2. The van der Waals surface area contributed by atoms with Crippen molar-refractivity contribution in [1.29, 1.82) is 0 Å². The Bertz CT molecular complexity index is 1430. The number of hydrogen-bond donors (Lipinski definition) is 3. The van der Waals surface area contributed by atoms with Gasteiger partial charge in [0.1, 0.15) is 0 Å². The monoisotopic (exact) mass is 486 g/mol. The van der Waals surface area contributed by atoms with E-state index in [-0.39, 0.29) is 15.5 Å². The molecule has 0 amide bonds. The van der Waals surface area contributed by atoms with Crippen molar-refractivity contribution in [2.45, 2.75) is 23.6 Å². The number of nitrogens with one attached hydrogen (secondary N) is 2. The third kappa shape index (κ3) is 6.21. The molecule has 0 heterocycles. The molecule has 0 saturated heterocycles. The van der Waals surface area contributed by atoms with Gasteiger partial charge in [-0.2, -0.15) is 0 Å². The van der Waals surface area contributed by atoms with Crippen molar-refractivity contribution in [2.75, 3.05) is 9.44 Å². The molecule has 0 aliphatic heterocycles. The fourth-order valence-electron chi connectivity index (χ4n) is 3.01. The standard InChI is InChI=1S/C23H22N2O6S2/c1-16-4-3-5-19(14-16)25-33(30,31)22-15-20(10-6-17(22)2)24-32(28,29)21-11-7-18(8-12-21)9-13-23(26)27/h3-15,24-25H,1-2H3,(H,26,27)/b13-9+. The van der Waals surface area contributed by atoms with Crippen LogP contribution in [0.1, 0.15) is 16.7 Å². The summed E-state index contributed by atoms with van der Waals surface area (Å²) in [6.07, 6.45) is 2.28. The van der Waals surface area contributed by atoms with Crippen molar-refractivity contribution in [2.24, 2.45) is 0 Å². The molecule has 0 unspecified atom stereocenters. The molecule has 33 heavy (non-hydrogen) atoms. The van der Waals surface area contributed by atoms with E-state index in [0.717, 1.165) is 11.6 Å². The predicted octanol–water partition coefficient (Wildman–Crippen LogP) is 4.00. The quantitative estimate of drug-likeness (QED) is 0.413. The molecule has 3 N–H and O–H groups in total. The Morgan fingerprint density at radius 1 is 0.818 bits per heavy atom. The lowest BCUT2D eigenvalue weighted by atomic mass is 10.2. The molecule has 3 aromatic rings. The maximum Gasteiger partial charge on any atom is 0.328 e. The van der Waals surface area contributed by atoms with Gasteiger partial charge in [-0.25, -0.2) is 21.6 Å². The fourth-order valence-corrected chi connectivity index (χ4v) is 5.38. The van der Waals surface area contributed by atoms with Crippen LogP contribution in [0.4, 0.5) is 11.4 Å². The summed E-state index contributed by atoms with van der Waals surface area (Å²) >= 11 is 0. The average Bonchev–Trinajstić information content (AvgIpc) is 2.73. The van der Waals surface area contributed by atoms with Crippen LogP contribution in [0.25, 0.3) is 6.08 Å². The molecule has 0 aliphatic carbocycles. The highest BCUT2D eigenvalue weighted by molar-refractivity contribution is 7.93. The Morgan fingerprint density at radius 2 is 1.45 bits per heavy atom. The van der Waals surface area contributed by atoms with E-state index >= 15 is 0 Å². The molecule has 0 radical (unpaired) electrons. The highest BCUT2D eigenvalue weighted by Gasteiger charge is 2.20. The second-order valence-corrected chi connectivity index (χ2v) is 10.6. The molecule has 8 nitrogen and oxygen atoms in total. The molecule has 0 spiro atoms. The number of benzene rings is 3. The van der Waals surface area contributed by atoms with Crippen molar-refractivity contribution in [3.63, 3.8) is 0 Å². The summed E-state index contributed by atoms with van der Waals surface area (Å²) in [5.41, 5.74) is 2.34. The second-order valence-electron chi connectivity index (χ2n) is 7.30. The fraction of sp³-hybridized carbons (Fsp3) is 0.0870. The Kier molecular flexibility index (Phi) is 6.89. The SMILES string of the molecule is Cc1cccc(NS(=O)(=O)c2cc(NS(=O)(=O)c3ccc(/C=C/C(=O)O)cc3)ccc2C)c1. The average molecular weight is 487 g/mol. The summed E-state index contributed by atoms with van der Waals surface area (Å²) in [5.74, 6) is -1.12. The number of aliphatic carboxylic acids is 1. The van der Waals surface area contributed by atoms with E-state index in [2.05, 4.69) is 9.44 Å². The molecule has 3 rings (SSSR count). The van der Waals surface area contributed by atoms with Crippen LogP contribution < -0.4 is 9.44 Å². The van der Waals surface area contributed by atoms with E-state index in [9.17, 15) is 21.6 Å². The zero-order chi connectivity index (χ0) is 24.2. The van der Waals surface area contributed by atoms with Crippen LogP contribution in [0.3, 0.4) is 0 Å². The van der Waals surface area contributed by atoms with Gasteiger partial charge in [-0.1, -0.05) is 30.3 Å². The molecule has 3 aromatic carbocycles. The molecular formula is C23H22N2O6S2. The molecule has 0 bridgehead atoms. The van der Waals surface area contributed by atoms with E-state index in [1.54, 1.807) is 25.1 Å². The topological polar surface area (TPSA) is 130 Å². The van der Waals surface area contributed by atoms with E-state index in [4.69, 9.17) is 5.11 Å². The Hall–Kier alpha value is -3.63. The lowest BCUT2D eigenvalue weighted by Gasteiger charge is -2.14. The van der Waals surface area contributed by atoms with Crippen LogP contribution >= 0.6 is 0 Å². The third-order valence-electron chi connectivity index (χ3n) is 4.61. The number of rotatable bonds is 8. The zero-order valence-electron chi connectivity index (χ0n) is 17.8. The molecule has 0 atom stereocenters. The van der Waals surface area contributed by atoms with Gasteiger partial charge in [0.2, 0.25) is 0 Å². The molecule has 0 aliphatic rings. The van der Waals surface area contributed by atoms with Crippen molar-refractivity contribution in [3.05, 3.63) is 89.5 Å². The van der Waals surface area contributed by atoms with Crippen molar-refractivity contribution < 1.29 is 26.7 Å². The summed E-state index contributed by atoms with van der Waals surface area (Å²) < 4.78 is 56.3. The minimum atomic E-state index is -4.01. The van der Waals surface area contributed by atoms with E-state index in [0.29, 0.717) is 16.8 Å². The first-order chi connectivity index (χ1) is 15.5. The number of carboxylic acids is 1. The van der Waals surface area contributed by atoms with Gasteiger partial charge in [-0.05, 0) is 73.0 Å². The lowest BCUT2D eigenvalue weighted by molar-refractivity contribution is -0.131. The minimum absolute atomic E-state index is 0.0571. The summed E-state index contributed by atoms with van der Waals surface area (Å²) in [4.78, 5) is 10.5. The van der Waals surface area contributed by atoms with E-state index in [1.807, 2.05) is 13.0 Å². The Morgan fingerprint density at radius 3 is 2.09 bits per heavy atom. The largest absolute Gasteiger partial charge is 0.478 e. The van der Waals surface area contributed by atoms with Crippen LogP contribution in [0, 0.1) is 13.8 Å². The first-order valence-electron chi connectivity index (χ1n) is 9.70. The van der Waals surface area contributed by atoms with Gasteiger partial charge in [0, 0.05) is 11.8 Å². The first kappa shape index (κ1) is 24.0. The normalized spacial score (nSPS) is 11.9. The number of carboxylic acid groups (broad SMARTS) is 1. The lowest BCUT2D eigenvalue weighted by Crippen LogP contribution is -2.16. The highest BCUT2D eigenvalue weighted by Crippen LogP contribution is 2.25. The molecule has 0 saturated carbocycles. The van der Waals surface area contributed by atoms with Crippen molar-refractivity contribution in [3.8, 4) is 0 Å². The van der Waals surface area contributed by atoms with Crippen LogP contribution in [0.2, 0.25) is 0 Å². The number of sulfonamides is 2. The van der Waals surface area contributed by atoms with Crippen molar-refractivity contribution in [1.82, 2.24) is 0 Å². The van der Waals surface area contributed by atoms with Gasteiger partial charge in [-0.15, -0.1) is 0 Å². The highest BCUT2D eigenvalue weighted by atomic mass is 32.2. The summed E-state index contributed by atoms with van der Waals surface area (Å²) in [6.45, 7) is 3.46. The van der Waals surface area contributed by atoms with Crippen LogP contribution in [0.15, 0.2) is 82.6 Å². The summed E-state index contributed by atoms with van der Waals surface area (Å²) in [6, 6.07) is 16.7. The second kappa shape index (κ2) is 9.47. The van der Waals surface area contributed by atoms with Crippen LogP contribution in [-0.2, 0) is 24.8 Å². The van der Waals surface area contributed by atoms with Crippen LogP contribution in [0.5, 0.6) is 0 Å². The minimum Gasteiger partial charge on any atom is -0.478 e. The van der Waals surface area contributed by atoms with Gasteiger partial charge in [-0.3, -0.25) is 9.44 Å². The number of carbonyl (C=O) groups is 1. The van der Waals surface area contributed by atoms with E-state index < -0.39 is 26.0 Å². The first-order valence-corrected chi connectivity index (χ1v) is 12.7. The summed E-state index contributed by atoms with van der Waals surface area (Å²) in [7, 11) is -7.97. The molecular weight excluding hydrogens is 464 g/mol. The Balaban J connectivity index is 1.86. The van der Waals surface area contributed by atoms with E-state index in [1.165, 1.54) is 48.5 Å². The molecule has 0 fully saturated rings. The predicted molar refractivity (Wildman–Crippen MR) is 127 cm³/mol. The molecule has 10 heteroatoms. The molecule has 172 valence electrons. The summed E-state index contributed by atoms with van der Waals surface area (Å²) in [5, 5.41) is 8.68. The smallest absolute Gasteiger partial charge is 0.328 e. The van der Waals surface area contributed by atoms with Gasteiger partial charge in [0.25, 0.3) is 20.0 Å². The third-order valence-corrected chi connectivity index (χ3v) is 7.53. The Labute approximate surface area is 192 Å². The maximum atomic E-state index is 12.9. The van der Waals surface area contributed by atoms with Gasteiger partial charge >= 0.3 is 5.97 Å². The van der Waals surface area contributed by atoms with Gasteiger partial charge in [0.15, 0.2) is 0 Å². The maximum absolute atomic E-state index is 12.9. The van der Waals surface area contributed by atoms with Gasteiger partial charge < -0.3 is 5.11 Å². The molecule has 0 aromatic heterocycles. The van der Waals surface area contributed by atoms with Crippen molar-refractivity contribution >= 4 is 43.5 Å².